The predicted octanol–water partition coefficient (Wildman–Crippen LogP) is 7.38. The van der Waals surface area contributed by atoms with Gasteiger partial charge in [0.25, 0.3) is 0 Å². The van der Waals surface area contributed by atoms with Crippen LogP contribution in [0, 0.1) is 22.5 Å². The summed E-state index contributed by atoms with van der Waals surface area (Å²) < 4.78 is 132. The molecule has 0 amide bonds. The Morgan fingerprint density at radius 3 is 1.49 bits per heavy atom. The van der Waals surface area contributed by atoms with E-state index in [0.29, 0.717) is 64.8 Å². The Morgan fingerprint density at radius 1 is 0.737 bits per heavy atom. The molecule has 0 aromatic heterocycles. The zero-order chi connectivity index (χ0) is 42.5. The molecule has 2 aliphatic heterocycles. The lowest BCUT2D eigenvalue weighted by Crippen LogP contribution is -2.33. The first kappa shape index (κ1) is 47.9. The van der Waals surface area contributed by atoms with Crippen molar-refractivity contribution in [1.82, 2.24) is 0 Å². The van der Waals surface area contributed by atoms with Crippen molar-refractivity contribution >= 4 is 25.6 Å². The van der Waals surface area contributed by atoms with E-state index in [2.05, 4.69) is 0 Å². The van der Waals surface area contributed by atoms with E-state index in [1.54, 1.807) is 20.8 Å². The van der Waals surface area contributed by atoms with Gasteiger partial charge in [-0.2, -0.15) is 0 Å². The molecule has 11 nitrogen and oxygen atoms in total. The molecule has 0 atom stereocenters. The number of sulfone groups is 2. The van der Waals surface area contributed by atoms with E-state index in [0.717, 1.165) is 12.1 Å². The molecule has 17 heteroatoms. The van der Waals surface area contributed by atoms with Crippen molar-refractivity contribution < 1.29 is 62.9 Å². The van der Waals surface area contributed by atoms with E-state index < -0.39 is 53.7 Å². The first-order valence-corrected chi connectivity index (χ1v) is 21.9. The fourth-order valence-corrected chi connectivity index (χ4v) is 10.0. The van der Waals surface area contributed by atoms with Gasteiger partial charge in [0.15, 0.2) is 19.7 Å². The molecule has 2 aromatic carbocycles. The number of carbonyl (C=O) groups excluding carboxylic acids is 1. The maximum atomic E-state index is 14.6. The van der Waals surface area contributed by atoms with Crippen LogP contribution in [0.5, 0.6) is 11.5 Å². The van der Waals surface area contributed by atoms with Gasteiger partial charge in [-0.15, -0.1) is 0 Å². The third-order valence-corrected chi connectivity index (χ3v) is 13.6. The lowest BCUT2D eigenvalue weighted by atomic mass is 9.85. The molecule has 2 aliphatic rings. The Kier molecular flexibility index (Phi) is 17.6. The summed E-state index contributed by atoms with van der Waals surface area (Å²) >= 11 is 0. The number of rotatable bonds is 16. The number of carbonyl (C=O) groups is 1. The number of nitrogens with two attached hydrogens (primary N) is 1. The molecule has 57 heavy (non-hydrogen) atoms. The van der Waals surface area contributed by atoms with Crippen molar-refractivity contribution in [3.8, 4) is 11.5 Å². The maximum Gasteiger partial charge on any atom is 0.306 e. The second-order valence-electron chi connectivity index (χ2n) is 16.0. The van der Waals surface area contributed by atoms with Crippen LogP contribution in [0.1, 0.15) is 73.1 Å². The van der Waals surface area contributed by atoms with Crippen molar-refractivity contribution in [2.45, 2.75) is 88.5 Å². The normalized spacial score (nSPS) is 17.6. The Balaban J connectivity index is 0.000000315. The average molecular weight is 850 g/mol. The van der Waals surface area contributed by atoms with E-state index in [1.165, 1.54) is 24.3 Å². The van der Waals surface area contributed by atoms with Crippen LogP contribution in [0.4, 0.5) is 17.6 Å². The van der Waals surface area contributed by atoms with E-state index in [-0.39, 0.29) is 76.5 Å². The molecule has 0 aliphatic carbocycles. The van der Waals surface area contributed by atoms with Gasteiger partial charge in [-0.05, 0) is 93.5 Å². The summed E-state index contributed by atoms with van der Waals surface area (Å²) in [5.74, 6) is -2.39. The zero-order valence-electron chi connectivity index (χ0n) is 33.2. The van der Waals surface area contributed by atoms with Crippen molar-refractivity contribution in [1.29, 1.82) is 0 Å². The largest absolute Gasteiger partial charge is 0.489 e. The van der Waals surface area contributed by atoms with Gasteiger partial charge in [-0.1, -0.05) is 13.8 Å². The van der Waals surface area contributed by atoms with Crippen LogP contribution in [-0.4, -0.2) is 86.1 Å². The quantitative estimate of drug-likeness (QED) is 0.133. The summed E-state index contributed by atoms with van der Waals surface area (Å²) in [4.78, 5) is 11.0. The first-order chi connectivity index (χ1) is 26.6. The summed E-state index contributed by atoms with van der Waals surface area (Å²) in [5.41, 5.74) is 4.19. The number of ether oxygens (including phenoxy) is 5. The van der Waals surface area contributed by atoms with Gasteiger partial charge in [0.1, 0.15) is 51.7 Å². The van der Waals surface area contributed by atoms with E-state index >= 15 is 0 Å². The highest BCUT2D eigenvalue weighted by Gasteiger charge is 2.36. The number of halogens is 4. The molecule has 0 spiro atoms. The minimum Gasteiger partial charge on any atom is -0.489 e. The van der Waals surface area contributed by atoms with Crippen molar-refractivity contribution in [2.24, 2.45) is 16.6 Å². The molecule has 4 rings (SSSR count). The zero-order valence-corrected chi connectivity index (χ0v) is 34.8. The van der Waals surface area contributed by atoms with Crippen LogP contribution in [0.25, 0.3) is 0 Å². The SMILES string of the molecule is CC1(CS(=O)(=O)c2ccc(OC/C(=C/F)CCC(=O)OC(C)(C)C)cc2F)CCOCC1.CC1(CS(=O)(=O)c2ccc(OC/C(=C/F)CN)cc2F)CCOCC1. The molecule has 2 saturated heterocycles. The summed E-state index contributed by atoms with van der Waals surface area (Å²) in [5, 5.41) is 0. The Morgan fingerprint density at radius 2 is 1.14 bits per heavy atom. The summed E-state index contributed by atoms with van der Waals surface area (Å²) in [7, 11) is -7.63. The molecule has 2 N–H and O–H groups in total. The van der Waals surface area contributed by atoms with Crippen molar-refractivity contribution in [3.05, 3.63) is 71.8 Å². The molecular formula is C40H55F4NO10S2. The number of hydrogen-bond donors (Lipinski definition) is 1. The molecule has 0 radical (unpaired) electrons. The third-order valence-electron chi connectivity index (χ3n) is 9.44. The lowest BCUT2D eigenvalue weighted by Gasteiger charge is -2.33. The molecule has 0 unspecified atom stereocenters. The average Bonchev–Trinajstić information content (AvgIpc) is 3.11. The van der Waals surface area contributed by atoms with Crippen molar-refractivity contribution in [3.63, 3.8) is 0 Å². The second-order valence-corrected chi connectivity index (χ2v) is 19.9. The van der Waals surface area contributed by atoms with Gasteiger partial charge >= 0.3 is 5.97 Å². The van der Waals surface area contributed by atoms with Gasteiger partial charge < -0.3 is 29.4 Å². The van der Waals surface area contributed by atoms with E-state index in [1.807, 2.05) is 13.8 Å². The smallest absolute Gasteiger partial charge is 0.306 e. The van der Waals surface area contributed by atoms with Gasteiger partial charge in [-0.25, -0.2) is 34.4 Å². The molecule has 2 fully saturated rings. The molecular weight excluding hydrogens is 795 g/mol. The molecule has 320 valence electrons. The fourth-order valence-electron chi connectivity index (χ4n) is 6.04. The van der Waals surface area contributed by atoms with Crippen molar-refractivity contribution in [2.75, 3.05) is 57.7 Å². The monoisotopic (exact) mass is 849 g/mol. The topological polar surface area (TPSA) is 158 Å². The molecule has 2 heterocycles. The second kappa shape index (κ2) is 21.0. The molecule has 2 aromatic rings. The number of benzene rings is 2. The van der Waals surface area contributed by atoms with Crippen LogP contribution in [-0.2, 0) is 38.7 Å². The minimum absolute atomic E-state index is 0.0201. The lowest BCUT2D eigenvalue weighted by molar-refractivity contribution is -0.154. The standard InChI is InChI=1S/C23H32F2O6S.C17H23F2NO4S/c1-22(2,3)31-21(26)8-5-17(14-24)15-30-18-6-7-20(19(25)13-18)32(27,28)16-23(4)9-11-29-12-10-23;1-17(4-6-23-7-5-17)12-25(21,22)16-3-2-14(8-15(16)19)24-11-13(9-18)10-20/h6-7,13-14H,5,8-12,15-16H2,1-4H3;2-3,8-9H,4-7,10-12,20H2,1H3/b17-14+;13-9+. The Labute approximate surface area is 333 Å². The van der Waals surface area contributed by atoms with Gasteiger partial charge in [0.05, 0.1) is 24.2 Å². The van der Waals surface area contributed by atoms with Gasteiger partial charge in [0, 0.05) is 57.1 Å². The highest BCUT2D eigenvalue weighted by molar-refractivity contribution is 7.91. The van der Waals surface area contributed by atoms with Crippen LogP contribution < -0.4 is 15.2 Å². The maximum absolute atomic E-state index is 14.6. The highest BCUT2D eigenvalue weighted by atomic mass is 32.2. The van der Waals surface area contributed by atoms with Gasteiger partial charge in [0.2, 0.25) is 0 Å². The van der Waals surface area contributed by atoms with Crippen LogP contribution >= 0.6 is 0 Å². The fraction of sp³-hybridized carbons (Fsp3) is 0.575. The molecule has 0 saturated carbocycles. The summed E-state index contributed by atoms with van der Waals surface area (Å²) in [6.45, 7) is 10.6. The predicted molar refractivity (Wildman–Crippen MR) is 207 cm³/mol. The summed E-state index contributed by atoms with van der Waals surface area (Å²) in [6.07, 6.45) is 3.17. The van der Waals surface area contributed by atoms with Crippen LogP contribution in [0.15, 0.2) is 70.0 Å². The Bertz CT molecular complexity index is 1930. The minimum atomic E-state index is -3.84. The van der Waals surface area contributed by atoms with Gasteiger partial charge in [-0.3, -0.25) is 4.79 Å². The first-order valence-electron chi connectivity index (χ1n) is 18.6. The number of hydrogen-bond acceptors (Lipinski definition) is 11. The molecule has 0 bridgehead atoms. The summed E-state index contributed by atoms with van der Waals surface area (Å²) in [6, 6.07) is 7.02. The highest BCUT2D eigenvalue weighted by Crippen LogP contribution is 2.36. The Hall–Kier alpha value is -3.51. The van der Waals surface area contributed by atoms with E-state index in [4.69, 9.17) is 29.4 Å². The number of esters is 1. The third kappa shape index (κ3) is 15.6. The van der Waals surface area contributed by atoms with E-state index in [9.17, 15) is 39.2 Å². The van der Waals surface area contributed by atoms with Crippen LogP contribution in [0.2, 0.25) is 0 Å². The van der Waals surface area contributed by atoms with Crippen LogP contribution in [0.3, 0.4) is 0 Å².